The van der Waals surface area contributed by atoms with Gasteiger partial charge in [0.2, 0.25) is 0 Å². The van der Waals surface area contributed by atoms with Crippen molar-refractivity contribution in [2.75, 3.05) is 6.26 Å². The number of halogens is 1. The van der Waals surface area contributed by atoms with Gasteiger partial charge in [-0.25, -0.2) is 9.37 Å². The third-order valence-corrected chi connectivity index (χ3v) is 4.43. The van der Waals surface area contributed by atoms with Gasteiger partial charge in [-0.3, -0.25) is 0 Å². The number of aromatic nitrogens is 2. The van der Waals surface area contributed by atoms with Gasteiger partial charge >= 0.3 is 0 Å². The molecule has 22 heavy (non-hydrogen) atoms. The number of aryl methyl sites for hydroxylation is 1. The van der Waals surface area contributed by atoms with Crippen molar-refractivity contribution < 1.29 is 4.39 Å². The van der Waals surface area contributed by atoms with Crippen molar-refractivity contribution in [2.45, 2.75) is 31.3 Å². The zero-order valence-corrected chi connectivity index (χ0v) is 13.7. The van der Waals surface area contributed by atoms with Crippen molar-refractivity contribution >= 4 is 22.8 Å². The van der Waals surface area contributed by atoms with Gasteiger partial charge in [-0.1, -0.05) is 25.5 Å². The van der Waals surface area contributed by atoms with Crippen LogP contribution in [0.4, 0.5) is 4.39 Å². The van der Waals surface area contributed by atoms with Crippen molar-refractivity contribution in [3.63, 3.8) is 0 Å². The summed E-state index contributed by atoms with van der Waals surface area (Å²) >= 11 is 1.66. The molecule has 0 aliphatic carbocycles. The van der Waals surface area contributed by atoms with Gasteiger partial charge in [0.1, 0.15) is 5.82 Å². The standard InChI is InChI=1S/C18H19FN2S/c1-3-4-15-11-16-17(9-10-18(20-16)22-2)21(15)12-13-5-7-14(19)8-6-13/h5-11H,3-4,12H2,1-2H3. The lowest BCUT2D eigenvalue weighted by Crippen LogP contribution is -2.04. The lowest BCUT2D eigenvalue weighted by Gasteiger charge is -2.10. The second kappa shape index (κ2) is 6.53. The first-order valence-electron chi connectivity index (χ1n) is 7.49. The lowest BCUT2D eigenvalue weighted by atomic mass is 10.2. The van der Waals surface area contributed by atoms with E-state index < -0.39 is 0 Å². The van der Waals surface area contributed by atoms with Crippen LogP contribution in [0.2, 0.25) is 0 Å². The van der Waals surface area contributed by atoms with Gasteiger partial charge in [0.25, 0.3) is 0 Å². The zero-order valence-electron chi connectivity index (χ0n) is 12.8. The largest absolute Gasteiger partial charge is 0.339 e. The molecule has 3 rings (SSSR count). The van der Waals surface area contributed by atoms with E-state index in [-0.39, 0.29) is 5.82 Å². The number of rotatable bonds is 5. The van der Waals surface area contributed by atoms with E-state index in [9.17, 15) is 4.39 Å². The summed E-state index contributed by atoms with van der Waals surface area (Å²) in [6.45, 7) is 2.93. The molecule has 0 aliphatic heterocycles. The maximum absolute atomic E-state index is 13.1. The minimum Gasteiger partial charge on any atom is -0.339 e. The average molecular weight is 314 g/mol. The number of hydrogen-bond acceptors (Lipinski definition) is 2. The predicted octanol–water partition coefficient (Wildman–Crippen LogP) is 4.90. The molecule has 0 radical (unpaired) electrons. The number of pyridine rings is 1. The number of thioether (sulfide) groups is 1. The molecule has 114 valence electrons. The fraction of sp³-hybridized carbons (Fsp3) is 0.278. The first-order chi connectivity index (χ1) is 10.7. The Labute approximate surface area is 134 Å². The van der Waals surface area contributed by atoms with Crippen LogP contribution in [0.1, 0.15) is 24.6 Å². The second-order valence-corrected chi connectivity index (χ2v) is 6.18. The SMILES string of the molecule is CCCc1cc2nc(SC)ccc2n1Cc1ccc(F)cc1. The Kier molecular flexibility index (Phi) is 4.48. The number of hydrogen-bond donors (Lipinski definition) is 0. The quantitative estimate of drug-likeness (QED) is 0.623. The molecule has 0 N–H and O–H groups in total. The van der Waals surface area contributed by atoms with Crippen LogP contribution in [-0.2, 0) is 13.0 Å². The van der Waals surface area contributed by atoms with Gasteiger partial charge in [0.15, 0.2) is 0 Å². The van der Waals surface area contributed by atoms with Crippen LogP contribution >= 0.6 is 11.8 Å². The van der Waals surface area contributed by atoms with Crippen molar-refractivity contribution in [2.24, 2.45) is 0 Å². The Morgan fingerprint density at radius 2 is 1.91 bits per heavy atom. The van der Waals surface area contributed by atoms with Crippen molar-refractivity contribution in [3.05, 3.63) is 59.5 Å². The van der Waals surface area contributed by atoms with Crippen molar-refractivity contribution in [3.8, 4) is 0 Å². The topological polar surface area (TPSA) is 17.8 Å². The van der Waals surface area contributed by atoms with Crippen LogP contribution < -0.4 is 0 Å². The minimum atomic E-state index is -0.193. The smallest absolute Gasteiger partial charge is 0.123 e. The monoisotopic (exact) mass is 314 g/mol. The highest BCUT2D eigenvalue weighted by molar-refractivity contribution is 7.98. The van der Waals surface area contributed by atoms with Crippen molar-refractivity contribution in [1.82, 2.24) is 9.55 Å². The predicted molar refractivity (Wildman–Crippen MR) is 91.0 cm³/mol. The molecule has 0 amide bonds. The summed E-state index contributed by atoms with van der Waals surface area (Å²) in [5, 5.41) is 1.04. The number of benzene rings is 1. The number of nitrogens with zero attached hydrogens (tertiary/aromatic N) is 2. The Morgan fingerprint density at radius 3 is 2.59 bits per heavy atom. The van der Waals surface area contributed by atoms with Crippen LogP contribution in [0.15, 0.2) is 47.5 Å². The van der Waals surface area contributed by atoms with Crippen LogP contribution in [0, 0.1) is 5.82 Å². The number of fused-ring (bicyclic) bond motifs is 1. The molecule has 0 fully saturated rings. The molecule has 1 aromatic carbocycles. The molecule has 0 saturated heterocycles. The highest BCUT2D eigenvalue weighted by atomic mass is 32.2. The maximum Gasteiger partial charge on any atom is 0.123 e. The Hall–Kier alpha value is -1.81. The van der Waals surface area contributed by atoms with E-state index in [0.29, 0.717) is 0 Å². The van der Waals surface area contributed by atoms with E-state index >= 15 is 0 Å². The van der Waals surface area contributed by atoms with Crippen LogP contribution in [0.3, 0.4) is 0 Å². The zero-order chi connectivity index (χ0) is 15.5. The van der Waals surface area contributed by atoms with Gasteiger partial charge in [0.05, 0.1) is 16.1 Å². The molecular formula is C18H19FN2S. The lowest BCUT2D eigenvalue weighted by molar-refractivity contribution is 0.626. The summed E-state index contributed by atoms with van der Waals surface area (Å²) in [6.07, 6.45) is 4.15. The summed E-state index contributed by atoms with van der Waals surface area (Å²) in [7, 11) is 0. The van der Waals surface area contributed by atoms with E-state index in [4.69, 9.17) is 4.98 Å². The Bertz CT molecular complexity index is 778. The Balaban J connectivity index is 2.05. The molecular weight excluding hydrogens is 295 g/mol. The van der Waals surface area contributed by atoms with Crippen molar-refractivity contribution in [1.29, 1.82) is 0 Å². The van der Waals surface area contributed by atoms with E-state index in [1.54, 1.807) is 11.8 Å². The molecule has 0 spiro atoms. The van der Waals surface area contributed by atoms with Crippen LogP contribution in [0.25, 0.3) is 11.0 Å². The summed E-state index contributed by atoms with van der Waals surface area (Å²) in [5.74, 6) is -0.193. The van der Waals surface area contributed by atoms with E-state index in [0.717, 1.165) is 41.0 Å². The van der Waals surface area contributed by atoms with Gasteiger partial charge in [-0.2, -0.15) is 0 Å². The molecule has 0 atom stereocenters. The Morgan fingerprint density at radius 1 is 1.14 bits per heavy atom. The average Bonchev–Trinajstić information content (AvgIpc) is 2.86. The van der Waals surface area contributed by atoms with Gasteiger partial charge in [-0.15, -0.1) is 11.8 Å². The van der Waals surface area contributed by atoms with Crippen LogP contribution in [-0.4, -0.2) is 15.8 Å². The summed E-state index contributed by atoms with van der Waals surface area (Å²) in [4.78, 5) is 4.70. The summed E-state index contributed by atoms with van der Waals surface area (Å²) in [5.41, 5.74) is 4.57. The van der Waals surface area contributed by atoms with E-state index in [1.165, 1.54) is 17.8 Å². The molecule has 0 unspecified atom stereocenters. The fourth-order valence-electron chi connectivity index (χ4n) is 2.71. The van der Waals surface area contributed by atoms with Gasteiger partial charge in [0, 0.05) is 12.2 Å². The van der Waals surface area contributed by atoms with E-state index in [1.807, 2.05) is 18.4 Å². The minimum absolute atomic E-state index is 0.193. The third-order valence-electron chi connectivity index (χ3n) is 3.79. The van der Waals surface area contributed by atoms with Crippen LogP contribution in [0.5, 0.6) is 0 Å². The fourth-order valence-corrected chi connectivity index (χ4v) is 3.10. The highest BCUT2D eigenvalue weighted by Crippen LogP contribution is 2.24. The molecule has 3 aromatic rings. The first kappa shape index (κ1) is 15.1. The molecule has 2 nitrogen and oxygen atoms in total. The van der Waals surface area contributed by atoms with E-state index in [2.05, 4.69) is 29.7 Å². The normalized spacial score (nSPS) is 11.2. The molecule has 0 saturated carbocycles. The van der Waals surface area contributed by atoms with Gasteiger partial charge < -0.3 is 4.57 Å². The molecule has 2 heterocycles. The molecule has 2 aromatic heterocycles. The van der Waals surface area contributed by atoms with Gasteiger partial charge in [-0.05, 0) is 48.6 Å². The highest BCUT2D eigenvalue weighted by Gasteiger charge is 2.10. The second-order valence-electron chi connectivity index (χ2n) is 5.36. The first-order valence-corrected chi connectivity index (χ1v) is 8.71. The molecule has 4 heteroatoms. The molecule has 0 aliphatic rings. The summed E-state index contributed by atoms with van der Waals surface area (Å²) in [6, 6.07) is 13.1. The maximum atomic E-state index is 13.1. The third kappa shape index (κ3) is 3.02. The molecule has 0 bridgehead atoms. The summed E-state index contributed by atoms with van der Waals surface area (Å²) < 4.78 is 15.4.